The van der Waals surface area contributed by atoms with Crippen LogP contribution < -0.4 is 11.1 Å². The normalized spacial score (nSPS) is 43.9. The van der Waals surface area contributed by atoms with Gasteiger partial charge in [0.1, 0.15) is 0 Å². The Morgan fingerprint density at radius 3 is 2.90 bits per heavy atom. The predicted octanol–water partition coefficient (Wildman–Crippen LogP) is 0.375. The van der Waals surface area contributed by atoms with Crippen LogP contribution in [0.5, 0.6) is 0 Å². The summed E-state index contributed by atoms with van der Waals surface area (Å²) in [6, 6.07) is 0.500. The van der Waals surface area contributed by atoms with Crippen LogP contribution >= 0.6 is 0 Å². The first-order valence-corrected chi connectivity index (χ1v) is 3.73. The number of nitrogens with one attached hydrogen (secondary N) is 1. The number of rotatable bonds is 0. The molecule has 2 nitrogen and oxygen atoms in total. The second-order valence-corrected chi connectivity index (χ2v) is 2.97. The van der Waals surface area contributed by atoms with Crippen LogP contribution in [0.4, 0.5) is 0 Å². The molecule has 0 amide bonds. The van der Waals surface area contributed by atoms with Gasteiger partial charge in [0, 0.05) is 6.04 Å². The van der Waals surface area contributed by atoms with E-state index in [2.05, 4.69) is 29.6 Å². The highest BCUT2D eigenvalue weighted by molar-refractivity contribution is 5.19. The highest BCUT2D eigenvalue weighted by Crippen LogP contribution is 2.22. The van der Waals surface area contributed by atoms with Crippen molar-refractivity contribution >= 4 is 0 Å². The van der Waals surface area contributed by atoms with Crippen molar-refractivity contribution in [3.05, 3.63) is 24.3 Å². The van der Waals surface area contributed by atoms with Crippen molar-refractivity contribution < 1.29 is 0 Å². The first-order chi connectivity index (χ1) is 4.86. The molecule has 2 aliphatic rings. The zero-order valence-electron chi connectivity index (χ0n) is 5.83. The summed E-state index contributed by atoms with van der Waals surface area (Å²) < 4.78 is 0. The molecule has 1 fully saturated rings. The van der Waals surface area contributed by atoms with Crippen molar-refractivity contribution in [2.45, 2.75) is 18.6 Å². The van der Waals surface area contributed by atoms with E-state index in [1.54, 1.807) is 0 Å². The zero-order valence-corrected chi connectivity index (χ0v) is 5.83. The summed E-state index contributed by atoms with van der Waals surface area (Å²) in [6.45, 7) is 0. The maximum atomic E-state index is 5.72. The van der Waals surface area contributed by atoms with Crippen molar-refractivity contribution in [1.29, 1.82) is 0 Å². The average molecular weight is 136 g/mol. The fourth-order valence-electron chi connectivity index (χ4n) is 1.67. The van der Waals surface area contributed by atoms with Crippen LogP contribution in [0.25, 0.3) is 0 Å². The number of nitrogens with two attached hydrogens (primary N) is 1. The minimum atomic E-state index is 0.197. The van der Waals surface area contributed by atoms with Crippen LogP contribution in [0, 0.1) is 5.92 Å². The number of allylic oxidation sites excluding steroid dienone is 2. The Bertz CT molecular complexity index is 164. The Kier molecular flexibility index (Phi) is 1.36. The van der Waals surface area contributed by atoms with Gasteiger partial charge in [-0.3, -0.25) is 5.32 Å². The lowest BCUT2D eigenvalue weighted by Gasteiger charge is -2.13. The molecule has 0 aromatic carbocycles. The van der Waals surface area contributed by atoms with Crippen LogP contribution in [0.15, 0.2) is 24.3 Å². The molecule has 1 aliphatic heterocycles. The van der Waals surface area contributed by atoms with E-state index in [0.717, 1.165) is 6.42 Å². The van der Waals surface area contributed by atoms with Crippen LogP contribution in [-0.2, 0) is 0 Å². The third-order valence-electron chi connectivity index (χ3n) is 2.18. The number of fused-ring (bicyclic) bond motifs is 1. The Morgan fingerprint density at radius 1 is 1.30 bits per heavy atom. The van der Waals surface area contributed by atoms with Gasteiger partial charge in [-0.2, -0.15) is 0 Å². The fraction of sp³-hybridized carbons (Fsp3) is 0.500. The van der Waals surface area contributed by atoms with Gasteiger partial charge in [0.15, 0.2) is 0 Å². The highest BCUT2D eigenvalue weighted by atomic mass is 15.1. The van der Waals surface area contributed by atoms with Gasteiger partial charge in [-0.05, 0) is 12.3 Å². The van der Waals surface area contributed by atoms with Gasteiger partial charge in [0.05, 0.1) is 6.17 Å². The molecule has 2 heteroatoms. The molecule has 10 heavy (non-hydrogen) atoms. The van der Waals surface area contributed by atoms with Gasteiger partial charge in [-0.1, -0.05) is 24.3 Å². The lowest BCUT2D eigenvalue weighted by atomic mass is 9.96. The monoisotopic (exact) mass is 136 g/mol. The maximum Gasteiger partial charge on any atom is 0.0557 e. The van der Waals surface area contributed by atoms with Crippen LogP contribution in [0.1, 0.15) is 6.42 Å². The second-order valence-electron chi connectivity index (χ2n) is 2.97. The molecule has 0 aromatic rings. The largest absolute Gasteiger partial charge is 0.316 e. The van der Waals surface area contributed by atoms with Crippen LogP contribution in [0.2, 0.25) is 0 Å². The van der Waals surface area contributed by atoms with E-state index >= 15 is 0 Å². The van der Waals surface area contributed by atoms with E-state index in [1.165, 1.54) is 0 Å². The summed E-state index contributed by atoms with van der Waals surface area (Å²) >= 11 is 0. The van der Waals surface area contributed by atoms with Gasteiger partial charge < -0.3 is 5.73 Å². The molecule has 1 heterocycles. The molecule has 3 unspecified atom stereocenters. The molecule has 1 aliphatic carbocycles. The van der Waals surface area contributed by atoms with Crippen LogP contribution in [-0.4, -0.2) is 12.2 Å². The van der Waals surface area contributed by atoms with Gasteiger partial charge in [-0.25, -0.2) is 0 Å². The summed E-state index contributed by atoms with van der Waals surface area (Å²) in [5, 5.41) is 3.30. The predicted molar refractivity (Wildman–Crippen MR) is 41.3 cm³/mol. The average Bonchev–Trinajstić information content (AvgIpc) is 2.27. The van der Waals surface area contributed by atoms with Crippen molar-refractivity contribution in [1.82, 2.24) is 5.32 Å². The summed E-state index contributed by atoms with van der Waals surface area (Å²) in [5.41, 5.74) is 5.72. The molecule has 1 saturated heterocycles. The lowest BCUT2D eigenvalue weighted by Crippen LogP contribution is -2.35. The third-order valence-corrected chi connectivity index (χ3v) is 2.18. The van der Waals surface area contributed by atoms with Gasteiger partial charge in [0.25, 0.3) is 0 Å². The van der Waals surface area contributed by atoms with Gasteiger partial charge in [-0.15, -0.1) is 0 Å². The topological polar surface area (TPSA) is 38.0 Å². The molecule has 3 atom stereocenters. The Morgan fingerprint density at radius 2 is 2.10 bits per heavy atom. The molecule has 3 N–H and O–H groups in total. The van der Waals surface area contributed by atoms with Crippen LogP contribution in [0.3, 0.4) is 0 Å². The maximum absolute atomic E-state index is 5.72. The Hall–Kier alpha value is -0.600. The molecule has 54 valence electrons. The minimum absolute atomic E-state index is 0.197. The molecule has 0 radical (unpaired) electrons. The quantitative estimate of drug-likeness (QED) is 0.505. The Labute approximate surface area is 60.8 Å². The number of hydrogen-bond donors (Lipinski definition) is 2. The van der Waals surface area contributed by atoms with Crippen molar-refractivity contribution in [2.75, 3.05) is 0 Å². The first-order valence-electron chi connectivity index (χ1n) is 3.73. The zero-order chi connectivity index (χ0) is 6.97. The fourth-order valence-corrected chi connectivity index (χ4v) is 1.67. The van der Waals surface area contributed by atoms with Gasteiger partial charge in [0.2, 0.25) is 0 Å². The smallest absolute Gasteiger partial charge is 0.0557 e. The molecular formula is C8H12N2. The minimum Gasteiger partial charge on any atom is -0.316 e. The molecule has 0 spiro atoms. The second kappa shape index (κ2) is 2.22. The van der Waals surface area contributed by atoms with Crippen molar-refractivity contribution in [3.63, 3.8) is 0 Å². The highest BCUT2D eigenvalue weighted by Gasteiger charge is 2.28. The lowest BCUT2D eigenvalue weighted by molar-refractivity contribution is 0.595. The molecular weight excluding hydrogens is 124 g/mol. The summed E-state index contributed by atoms with van der Waals surface area (Å²) in [4.78, 5) is 0. The Balaban J connectivity index is 2.14. The van der Waals surface area contributed by atoms with E-state index in [1.807, 2.05) is 0 Å². The third kappa shape index (κ3) is 0.895. The van der Waals surface area contributed by atoms with E-state index in [9.17, 15) is 0 Å². The molecule has 2 rings (SSSR count). The summed E-state index contributed by atoms with van der Waals surface area (Å²) in [5.74, 6) is 0.639. The summed E-state index contributed by atoms with van der Waals surface area (Å²) in [7, 11) is 0. The molecule has 0 saturated carbocycles. The van der Waals surface area contributed by atoms with Crippen molar-refractivity contribution in [3.8, 4) is 0 Å². The van der Waals surface area contributed by atoms with E-state index in [-0.39, 0.29) is 6.17 Å². The van der Waals surface area contributed by atoms with E-state index in [4.69, 9.17) is 5.73 Å². The van der Waals surface area contributed by atoms with Gasteiger partial charge >= 0.3 is 0 Å². The van der Waals surface area contributed by atoms with E-state index < -0.39 is 0 Å². The first kappa shape index (κ1) is 6.13. The number of hydrogen-bond acceptors (Lipinski definition) is 2. The molecule has 0 bridgehead atoms. The van der Waals surface area contributed by atoms with Crippen molar-refractivity contribution in [2.24, 2.45) is 11.7 Å². The molecule has 0 aromatic heterocycles. The van der Waals surface area contributed by atoms with E-state index in [0.29, 0.717) is 12.0 Å². The summed E-state index contributed by atoms with van der Waals surface area (Å²) in [6.07, 6.45) is 9.85. The SMILES string of the molecule is NC1CC2C=CC=CC2N1. The standard InChI is InChI=1S/C8H12N2/c9-8-5-6-3-1-2-4-7(6)10-8/h1-4,6-8,10H,5,9H2.